The van der Waals surface area contributed by atoms with Gasteiger partial charge in [-0.15, -0.1) is 0 Å². The molecule has 0 aromatic rings. The highest BCUT2D eigenvalue weighted by molar-refractivity contribution is 5.71. The number of unbranched alkanes of at least 4 members (excludes halogenated alkanes) is 46. The molecule has 446 valence electrons. The Hall–Kier alpha value is -2.37. The van der Waals surface area contributed by atoms with Gasteiger partial charge in [0.05, 0.1) is 0 Å². The van der Waals surface area contributed by atoms with Gasteiger partial charge >= 0.3 is 17.9 Å². The smallest absolute Gasteiger partial charge is 0.306 e. The molecule has 1 atom stereocenters. The number of carbonyl (C=O) groups excluding carboxylic acids is 3. The molecule has 0 saturated heterocycles. The highest BCUT2D eigenvalue weighted by Crippen LogP contribution is 2.18. The number of hydrogen-bond donors (Lipinski definition) is 0. The molecule has 76 heavy (non-hydrogen) atoms. The van der Waals surface area contributed by atoms with Gasteiger partial charge in [0.25, 0.3) is 0 Å². The van der Waals surface area contributed by atoms with Crippen molar-refractivity contribution >= 4 is 17.9 Å². The molecular formula is C70H130O6. The number of esters is 3. The molecule has 6 heteroatoms. The standard InChI is InChI=1S/C70H130O6/c1-4-7-10-13-16-18-20-22-24-26-28-29-30-31-32-33-34-35-36-37-38-39-40-41-42-44-45-47-49-51-54-57-60-63-69(72)75-66-67(65-74-68(71)62-59-56-53-15-12-9-6-3)76-70(73)64-61-58-55-52-50-48-46-43-27-25-23-21-19-17-14-11-8-5-2/h19,21,25-28,67H,4-18,20,22-24,29-66H2,1-3H3/b21-19-,27-25-,28-26-. The maximum absolute atomic E-state index is 12.8. The number of hydrogen-bond acceptors (Lipinski definition) is 6. The molecule has 0 aliphatic rings. The second-order valence-electron chi connectivity index (χ2n) is 23.1. The minimum Gasteiger partial charge on any atom is -0.462 e. The van der Waals surface area contributed by atoms with E-state index in [0.29, 0.717) is 19.3 Å². The van der Waals surface area contributed by atoms with E-state index in [0.717, 1.165) is 70.6 Å². The SMILES string of the molecule is CCCCCC/C=C\C/C=C\CCCCCCCCCC(=O)OC(COC(=O)CCCCCCCCC)COC(=O)CCCCCCCCCCCCCCCCCCCCCCC/C=C\CCCCCCCCCC. The third-order valence-electron chi connectivity index (χ3n) is 15.4. The lowest BCUT2D eigenvalue weighted by Gasteiger charge is -2.18. The summed E-state index contributed by atoms with van der Waals surface area (Å²) in [5.74, 6) is -0.864. The van der Waals surface area contributed by atoms with Crippen LogP contribution in [0.2, 0.25) is 0 Å². The normalized spacial score (nSPS) is 12.2. The minimum absolute atomic E-state index is 0.0708. The van der Waals surface area contributed by atoms with E-state index in [9.17, 15) is 14.4 Å². The second-order valence-corrected chi connectivity index (χ2v) is 23.1. The van der Waals surface area contributed by atoms with Gasteiger partial charge in [-0.25, -0.2) is 0 Å². The van der Waals surface area contributed by atoms with Crippen LogP contribution >= 0.6 is 0 Å². The maximum atomic E-state index is 12.8. The summed E-state index contributed by atoms with van der Waals surface area (Å²) in [6, 6.07) is 0. The fraction of sp³-hybridized carbons (Fsp3) is 0.871. The molecule has 0 radical (unpaired) electrons. The zero-order valence-electron chi connectivity index (χ0n) is 51.3. The number of allylic oxidation sites excluding steroid dienone is 6. The van der Waals surface area contributed by atoms with Crippen molar-refractivity contribution in [2.45, 2.75) is 380 Å². The van der Waals surface area contributed by atoms with E-state index in [1.54, 1.807) is 0 Å². The quantitative estimate of drug-likeness (QED) is 0.0261. The van der Waals surface area contributed by atoms with Crippen molar-refractivity contribution in [1.82, 2.24) is 0 Å². The molecular weight excluding hydrogens is 937 g/mol. The van der Waals surface area contributed by atoms with Crippen LogP contribution in [0.25, 0.3) is 0 Å². The van der Waals surface area contributed by atoms with Crippen LogP contribution in [0.1, 0.15) is 374 Å². The van der Waals surface area contributed by atoms with Crippen LogP contribution in [0.4, 0.5) is 0 Å². The van der Waals surface area contributed by atoms with Crippen molar-refractivity contribution in [3.63, 3.8) is 0 Å². The van der Waals surface area contributed by atoms with E-state index in [1.807, 2.05) is 0 Å². The summed E-state index contributed by atoms with van der Waals surface area (Å²) in [6.07, 6.45) is 80.7. The van der Waals surface area contributed by atoms with Crippen molar-refractivity contribution in [2.75, 3.05) is 13.2 Å². The first kappa shape index (κ1) is 73.6. The average molecular weight is 1070 g/mol. The molecule has 0 aliphatic heterocycles. The Labute approximate surface area is 474 Å². The summed E-state index contributed by atoms with van der Waals surface area (Å²) >= 11 is 0. The van der Waals surface area contributed by atoms with E-state index in [1.165, 1.54) is 263 Å². The molecule has 0 amide bonds. The molecule has 0 aliphatic carbocycles. The zero-order chi connectivity index (χ0) is 55.0. The van der Waals surface area contributed by atoms with Crippen LogP contribution in [0, 0.1) is 0 Å². The van der Waals surface area contributed by atoms with Crippen molar-refractivity contribution in [2.24, 2.45) is 0 Å². The largest absolute Gasteiger partial charge is 0.462 e. The summed E-state index contributed by atoms with van der Waals surface area (Å²) in [5.41, 5.74) is 0. The van der Waals surface area contributed by atoms with Gasteiger partial charge in [0.2, 0.25) is 0 Å². The predicted octanol–water partition coefficient (Wildman–Crippen LogP) is 23.2. The Balaban J connectivity index is 3.97. The van der Waals surface area contributed by atoms with E-state index in [4.69, 9.17) is 14.2 Å². The highest BCUT2D eigenvalue weighted by Gasteiger charge is 2.19. The molecule has 1 unspecified atom stereocenters. The predicted molar refractivity (Wildman–Crippen MR) is 330 cm³/mol. The van der Waals surface area contributed by atoms with Crippen molar-refractivity contribution in [3.05, 3.63) is 36.5 Å². The average Bonchev–Trinajstić information content (AvgIpc) is 3.42. The molecule has 6 nitrogen and oxygen atoms in total. The van der Waals surface area contributed by atoms with Gasteiger partial charge in [-0.2, -0.15) is 0 Å². The Morgan fingerprint density at radius 1 is 0.263 bits per heavy atom. The lowest BCUT2D eigenvalue weighted by atomic mass is 10.0. The van der Waals surface area contributed by atoms with E-state index >= 15 is 0 Å². The number of rotatable bonds is 63. The Morgan fingerprint density at radius 3 is 0.750 bits per heavy atom. The van der Waals surface area contributed by atoms with Crippen LogP contribution in [0.5, 0.6) is 0 Å². The monoisotopic (exact) mass is 1070 g/mol. The van der Waals surface area contributed by atoms with Gasteiger partial charge in [-0.1, -0.05) is 314 Å². The van der Waals surface area contributed by atoms with Gasteiger partial charge in [0, 0.05) is 19.3 Å². The first-order chi connectivity index (χ1) is 37.5. The number of carbonyl (C=O) groups is 3. The third-order valence-corrected chi connectivity index (χ3v) is 15.4. The van der Waals surface area contributed by atoms with Crippen LogP contribution in [0.3, 0.4) is 0 Å². The molecule has 0 aromatic carbocycles. The van der Waals surface area contributed by atoms with Gasteiger partial charge in [-0.05, 0) is 77.0 Å². The van der Waals surface area contributed by atoms with Crippen molar-refractivity contribution < 1.29 is 28.6 Å². The fourth-order valence-corrected chi connectivity index (χ4v) is 10.2. The van der Waals surface area contributed by atoms with Gasteiger partial charge in [0.1, 0.15) is 13.2 Å². The summed E-state index contributed by atoms with van der Waals surface area (Å²) in [6.45, 7) is 6.63. The molecule has 0 bridgehead atoms. The molecule has 0 rings (SSSR count). The molecule has 0 saturated carbocycles. The minimum atomic E-state index is -0.771. The van der Waals surface area contributed by atoms with Gasteiger partial charge < -0.3 is 14.2 Å². The first-order valence-corrected chi connectivity index (χ1v) is 34.0. The maximum Gasteiger partial charge on any atom is 0.306 e. The summed E-state index contributed by atoms with van der Waals surface area (Å²) in [7, 11) is 0. The van der Waals surface area contributed by atoms with Crippen LogP contribution in [0.15, 0.2) is 36.5 Å². The Kier molecular flexibility index (Phi) is 63.1. The third kappa shape index (κ3) is 62.5. The molecule has 0 spiro atoms. The van der Waals surface area contributed by atoms with Crippen LogP contribution in [-0.2, 0) is 28.6 Å². The van der Waals surface area contributed by atoms with Crippen molar-refractivity contribution in [3.8, 4) is 0 Å². The van der Waals surface area contributed by atoms with Crippen molar-refractivity contribution in [1.29, 1.82) is 0 Å². The fourth-order valence-electron chi connectivity index (χ4n) is 10.2. The molecule has 0 fully saturated rings. The second kappa shape index (κ2) is 65.2. The topological polar surface area (TPSA) is 78.9 Å². The van der Waals surface area contributed by atoms with Crippen LogP contribution in [-0.4, -0.2) is 37.2 Å². The van der Waals surface area contributed by atoms with E-state index < -0.39 is 6.10 Å². The highest BCUT2D eigenvalue weighted by atomic mass is 16.6. The van der Waals surface area contributed by atoms with E-state index in [-0.39, 0.29) is 31.1 Å². The van der Waals surface area contributed by atoms with Crippen LogP contribution < -0.4 is 0 Å². The first-order valence-electron chi connectivity index (χ1n) is 34.0. The van der Waals surface area contributed by atoms with Gasteiger partial charge in [0.15, 0.2) is 6.10 Å². The Bertz CT molecular complexity index is 1270. The summed E-state index contributed by atoms with van der Waals surface area (Å²) in [5, 5.41) is 0. The molecule has 0 N–H and O–H groups in total. The van der Waals surface area contributed by atoms with E-state index in [2.05, 4.69) is 57.2 Å². The summed E-state index contributed by atoms with van der Waals surface area (Å²) in [4.78, 5) is 38.1. The lowest BCUT2D eigenvalue weighted by molar-refractivity contribution is -0.167. The zero-order valence-corrected chi connectivity index (χ0v) is 51.3. The number of ether oxygens (including phenoxy) is 3. The molecule has 0 heterocycles. The lowest BCUT2D eigenvalue weighted by Crippen LogP contribution is -2.30. The van der Waals surface area contributed by atoms with Gasteiger partial charge in [-0.3, -0.25) is 14.4 Å². The molecule has 0 aromatic heterocycles. The Morgan fingerprint density at radius 2 is 0.474 bits per heavy atom. The summed E-state index contributed by atoms with van der Waals surface area (Å²) < 4.78 is 16.8.